The molecule has 20 heavy (non-hydrogen) atoms. The molecule has 2 nitrogen and oxygen atoms in total. The first-order chi connectivity index (χ1) is 9.50. The molecule has 0 spiro atoms. The average Bonchev–Trinajstić information content (AvgIpc) is 2.39. The molecular weight excluding hydrogens is 384 g/mol. The van der Waals surface area contributed by atoms with Gasteiger partial charge in [0.15, 0.2) is 0 Å². The lowest BCUT2D eigenvalue weighted by atomic mass is 9.84. The number of halogens is 2. The molecule has 3 heterocycles. The fraction of sp³-hybridized carbons (Fsp3) is 0.750. The zero-order valence-electron chi connectivity index (χ0n) is 12.0. The predicted molar refractivity (Wildman–Crippen MR) is 89.5 cm³/mol. The van der Waals surface area contributed by atoms with Crippen molar-refractivity contribution in [1.29, 1.82) is 0 Å². The van der Waals surface area contributed by atoms with E-state index >= 15 is 0 Å². The van der Waals surface area contributed by atoms with Gasteiger partial charge in [0.05, 0.1) is 23.9 Å². The van der Waals surface area contributed by atoms with Crippen LogP contribution in [0.5, 0.6) is 0 Å². The van der Waals surface area contributed by atoms with Gasteiger partial charge < -0.3 is 9.47 Å². The van der Waals surface area contributed by atoms with Crippen molar-refractivity contribution in [3.8, 4) is 12.3 Å². The average molecular weight is 406 g/mol. The van der Waals surface area contributed by atoms with E-state index in [2.05, 4.69) is 51.6 Å². The zero-order valence-corrected chi connectivity index (χ0v) is 15.2. The summed E-state index contributed by atoms with van der Waals surface area (Å²) >= 11 is 7.52. The Labute approximate surface area is 138 Å². The lowest BCUT2D eigenvalue weighted by molar-refractivity contribution is -0.222. The second-order valence-electron chi connectivity index (χ2n) is 5.82. The minimum atomic E-state index is -0.289. The molecule has 3 aliphatic heterocycles. The SMILES string of the molecule is C#C/C=C/C[C@@]1(C)O[C@H]2C[C@H](Br)[C@@H](CC)OC1C[C@@H]2Br. The molecule has 0 aromatic heterocycles. The molecular formula is C16H22Br2O2. The van der Waals surface area contributed by atoms with Crippen LogP contribution in [0.3, 0.4) is 0 Å². The highest BCUT2D eigenvalue weighted by atomic mass is 79.9. The van der Waals surface area contributed by atoms with Crippen molar-refractivity contribution in [3.63, 3.8) is 0 Å². The number of rotatable bonds is 3. The normalized spacial score (nSPS) is 45.0. The van der Waals surface area contributed by atoms with Gasteiger partial charge >= 0.3 is 0 Å². The summed E-state index contributed by atoms with van der Waals surface area (Å²) < 4.78 is 12.7. The summed E-state index contributed by atoms with van der Waals surface area (Å²) in [5.41, 5.74) is -0.289. The second kappa shape index (κ2) is 6.96. The van der Waals surface area contributed by atoms with E-state index in [1.807, 2.05) is 6.08 Å². The second-order valence-corrected chi connectivity index (χ2v) is 8.17. The minimum absolute atomic E-state index is 0.0934. The maximum atomic E-state index is 6.38. The Bertz CT molecular complexity index is 404. The van der Waals surface area contributed by atoms with Crippen LogP contribution in [-0.4, -0.2) is 33.6 Å². The van der Waals surface area contributed by atoms with Crippen LogP contribution in [0.1, 0.15) is 39.5 Å². The third-order valence-electron chi connectivity index (χ3n) is 4.28. The highest BCUT2D eigenvalue weighted by molar-refractivity contribution is 9.09. The number of hydrogen-bond donors (Lipinski definition) is 0. The van der Waals surface area contributed by atoms with Gasteiger partial charge in [0, 0.05) is 9.65 Å². The Balaban J connectivity index is 2.20. The van der Waals surface area contributed by atoms with Gasteiger partial charge in [-0.05, 0) is 38.7 Å². The van der Waals surface area contributed by atoms with Crippen molar-refractivity contribution >= 4 is 31.9 Å². The molecule has 0 N–H and O–H groups in total. The molecule has 112 valence electrons. The summed E-state index contributed by atoms with van der Waals surface area (Å²) in [6.45, 7) is 4.32. The van der Waals surface area contributed by atoms with Gasteiger partial charge in [-0.3, -0.25) is 0 Å². The molecule has 4 heteroatoms. The van der Waals surface area contributed by atoms with E-state index in [4.69, 9.17) is 15.9 Å². The van der Waals surface area contributed by atoms with Crippen LogP contribution in [-0.2, 0) is 9.47 Å². The fourth-order valence-electron chi connectivity index (χ4n) is 3.06. The Kier molecular flexibility index (Phi) is 5.76. The van der Waals surface area contributed by atoms with E-state index in [0.29, 0.717) is 9.65 Å². The summed E-state index contributed by atoms with van der Waals surface area (Å²) in [6, 6.07) is 0. The summed E-state index contributed by atoms with van der Waals surface area (Å²) in [7, 11) is 0. The van der Waals surface area contributed by atoms with Crippen LogP contribution in [0.4, 0.5) is 0 Å². The van der Waals surface area contributed by atoms with Crippen molar-refractivity contribution in [2.45, 2.75) is 73.1 Å². The fourth-order valence-corrected chi connectivity index (χ4v) is 4.59. The van der Waals surface area contributed by atoms with Gasteiger partial charge in [0.1, 0.15) is 0 Å². The first-order valence-electron chi connectivity index (χ1n) is 7.22. The van der Waals surface area contributed by atoms with Gasteiger partial charge in [0.2, 0.25) is 0 Å². The van der Waals surface area contributed by atoms with Gasteiger partial charge in [-0.1, -0.05) is 50.8 Å². The summed E-state index contributed by atoms with van der Waals surface area (Å²) in [6.07, 6.45) is 13.4. The molecule has 0 amide bonds. The molecule has 0 aliphatic carbocycles. The molecule has 0 radical (unpaired) electrons. The number of terminal acetylenes is 1. The number of allylic oxidation sites excluding steroid dienone is 1. The van der Waals surface area contributed by atoms with Crippen LogP contribution in [0.25, 0.3) is 0 Å². The Hall–Kier alpha value is 0.180. The monoisotopic (exact) mass is 404 g/mol. The highest BCUT2D eigenvalue weighted by Crippen LogP contribution is 2.43. The standard InChI is InChI=1S/C16H22Br2O2/c1-4-6-7-8-16(3)15-10-12(18)14(20-16)9-11(17)13(5-2)19-15/h1,6-7,11-15H,5,8-10H2,2-3H3/b7-6+/t11-,12-,13+,14-,15?,16+/m0/s1. The predicted octanol–water partition coefficient (Wildman–Crippen LogP) is 4.21. The van der Waals surface area contributed by atoms with Crippen LogP contribution in [0.2, 0.25) is 0 Å². The van der Waals surface area contributed by atoms with Crippen LogP contribution < -0.4 is 0 Å². The molecule has 3 saturated heterocycles. The molecule has 0 saturated carbocycles. The Morgan fingerprint density at radius 3 is 2.75 bits per heavy atom. The molecule has 0 aromatic rings. The number of fused-ring (bicyclic) bond motifs is 5. The summed E-state index contributed by atoms with van der Waals surface area (Å²) in [5.74, 6) is 2.54. The van der Waals surface area contributed by atoms with Gasteiger partial charge in [-0.2, -0.15) is 0 Å². The molecule has 0 aromatic carbocycles. The first kappa shape index (κ1) is 16.5. The van der Waals surface area contributed by atoms with Crippen molar-refractivity contribution in [1.82, 2.24) is 0 Å². The van der Waals surface area contributed by atoms with Gasteiger partial charge in [-0.25, -0.2) is 0 Å². The number of ether oxygens (including phenoxy) is 2. The van der Waals surface area contributed by atoms with Crippen molar-refractivity contribution in [2.24, 2.45) is 0 Å². The van der Waals surface area contributed by atoms with Crippen LogP contribution in [0.15, 0.2) is 12.2 Å². The van der Waals surface area contributed by atoms with Crippen molar-refractivity contribution in [3.05, 3.63) is 12.2 Å². The van der Waals surface area contributed by atoms with E-state index in [9.17, 15) is 0 Å². The number of hydrogen-bond acceptors (Lipinski definition) is 2. The molecule has 6 atom stereocenters. The Morgan fingerprint density at radius 2 is 2.10 bits per heavy atom. The smallest absolute Gasteiger partial charge is 0.0954 e. The lowest BCUT2D eigenvalue weighted by Crippen LogP contribution is -2.58. The van der Waals surface area contributed by atoms with Crippen molar-refractivity contribution < 1.29 is 9.47 Å². The molecule has 1 unspecified atom stereocenters. The van der Waals surface area contributed by atoms with E-state index in [1.54, 1.807) is 6.08 Å². The molecule has 3 fully saturated rings. The van der Waals surface area contributed by atoms with E-state index < -0.39 is 0 Å². The van der Waals surface area contributed by atoms with E-state index in [-0.39, 0.29) is 23.9 Å². The van der Waals surface area contributed by atoms with E-state index in [1.165, 1.54) is 0 Å². The molecule has 2 bridgehead atoms. The van der Waals surface area contributed by atoms with Crippen LogP contribution >= 0.6 is 31.9 Å². The summed E-state index contributed by atoms with van der Waals surface area (Å²) in [5, 5.41) is 0. The molecule has 3 aliphatic rings. The minimum Gasteiger partial charge on any atom is -0.371 e. The van der Waals surface area contributed by atoms with Gasteiger partial charge in [-0.15, -0.1) is 6.42 Å². The Morgan fingerprint density at radius 1 is 1.35 bits per heavy atom. The largest absolute Gasteiger partial charge is 0.371 e. The maximum absolute atomic E-state index is 6.38. The van der Waals surface area contributed by atoms with Gasteiger partial charge in [0.25, 0.3) is 0 Å². The summed E-state index contributed by atoms with van der Waals surface area (Å²) in [4.78, 5) is 0.709. The third kappa shape index (κ3) is 3.50. The zero-order chi connectivity index (χ0) is 14.8. The number of alkyl halides is 2. The lowest BCUT2D eigenvalue weighted by Gasteiger charge is -2.50. The topological polar surface area (TPSA) is 18.5 Å². The highest BCUT2D eigenvalue weighted by Gasteiger charge is 2.49. The maximum Gasteiger partial charge on any atom is 0.0954 e. The van der Waals surface area contributed by atoms with E-state index in [0.717, 1.165) is 25.7 Å². The quantitative estimate of drug-likeness (QED) is 0.517. The van der Waals surface area contributed by atoms with Crippen LogP contribution in [0, 0.1) is 12.3 Å². The molecule has 3 rings (SSSR count). The first-order valence-corrected chi connectivity index (χ1v) is 9.06. The third-order valence-corrected chi connectivity index (χ3v) is 6.21. The van der Waals surface area contributed by atoms with Crippen molar-refractivity contribution in [2.75, 3.05) is 0 Å².